The van der Waals surface area contributed by atoms with Crippen LogP contribution in [0.3, 0.4) is 0 Å². The number of benzene rings is 1. The Morgan fingerprint density at radius 3 is 2.85 bits per heavy atom. The monoisotopic (exact) mass is 193 g/mol. The molecule has 1 N–H and O–H groups in total. The summed E-state index contributed by atoms with van der Waals surface area (Å²) in [5, 5.41) is 3.55. The molecule has 1 aromatic carbocycles. The van der Waals surface area contributed by atoms with Crippen molar-refractivity contribution >= 4 is 17.4 Å². The average molecular weight is 193 g/mol. The van der Waals surface area contributed by atoms with Crippen LogP contribution < -0.4 is 5.32 Å². The number of para-hydroxylation sites is 1. The summed E-state index contributed by atoms with van der Waals surface area (Å²) in [4.78, 5) is 1.39. The minimum Gasteiger partial charge on any atom is -0.381 e. The Hall–Kier alpha value is -0.630. The molecule has 2 heteroatoms. The van der Waals surface area contributed by atoms with Gasteiger partial charge in [0.15, 0.2) is 0 Å². The highest BCUT2D eigenvalue weighted by Crippen LogP contribution is 2.31. The summed E-state index contributed by atoms with van der Waals surface area (Å²) in [7, 11) is 0. The molecular formula is C11H15NS. The molecule has 0 atom stereocenters. The van der Waals surface area contributed by atoms with E-state index in [1.54, 1.807) is 0 Å². The highest BCUT2D eigenvalue weighted by atomic mass is 32.2. The fraction of sp³-hybridized carbons (Fsp3) is 0.455. The van der Waals surface area contributed by atoms with Crippen molar-refractivity contribution in [2.24, 2.45) is 0 Å². The standard InChI is InChI=1S/C11H15NS/c1-2-13-11-6-4-3-5-10(11)12-9-7-8-9/h3-6,9,12H,2,7-8H2,1H3. The van der Waals surface area contributed by atoms with Crippen molar-refractivity contribution in [3.8, 4) is 0 Å². The van der Waals surface area contributed by atoms with Crippen molar-refractivity contribution in [1.29, 1.82) is 0 Å². The molecule has 0 amide bonds. The predicted molar refractivity (Wildman–Crippen MR) is 59.5 cm³/mol. The third-order valence-electron chi connectivity index (χ3n) is 2.12. The first-order valence-corrected chi connectivity index (χ1v) is 5.87. The topological polar surface area (TPSA) is 12.0 Å². The molecule has 0 bridgehead atoms. The van der Waals surface area contributed by atoms with E-state index in [0.717, 1.165) is 11.8 Å². The zero-order valence-corrected chi connectivity index (χ0v) is 8.73. The second kappa shape index (κ2) is 4.05. The van der Waals surface area contributed by atoms with Gasteiger partial charge in [-0.1, -0.05) is 19.1 Å². The van der Waals surface area contributed by atoms with Crippen LogP contribution in [0.5, 0.6) is 0 Å². The van der Waals surface area contributed by atoms with Gasteiger partial charge in [0.25, 0.3) is 0 Å². The number of rotatable bonds is 4. The number of hydrogen-bond donors (Lipinski definition) is 1. The normalized spacial score (nSPS) is 15.8. The highest BCUT2D eigenvalue weighted by molar-refractivity contribution is 7.99. The van der Waals surface area contributed by atoms with E-state index < -0.39 is 0 Å². The van der Waals surface area contributed by atoms with Gasteiger partial charge in [0.2, 0.25) is 0 Å². The van der Waals surface area contributed by atoms with Gasteiger partial charge in [0, 0.05) is 16.6 Å². The third kappa shape index (κ3) is 2.41. The van der Waals surface area contributed by atoms with Crippen LogP contribution >= 0.6 is 11.8 Å². The van der Waals surface area contributed by atoms with E-state index in [2.05, 4.69) is 36.5 Å². The molecule has 0 radical (unpaired) electrons. The Morgan fingerprint density at radius 1 is 1.38 bits per heavy atom. The summed E-state index contributed by atoms with van der Waals surface area (Å²) in [6.45, 7) is 2.19. The van der Waals surface area contributed by atoms with E-state index >= 15 is 0 Å². The lowest BCUT2D eigenvalue weighted by molar-refractivity contribution is 1.14. The first-order chi connectivity index (χ1) is 6.40. The van der Waals surface area contributed by atoms with Crippen LogP contribution in [0.25, 0.3) is 0 Å². The first-order valence-electron chi connectivity index (χ1n) is 4.88. The summed E-state index contributed by atoms with van der Waals surface area (Å²) in [5.74, 6) is 1.14. The Bertz CT molecular complexity index is 281. The van der Waals surface area contributed by atoms with Gasteiger partial charge >= 0.3 is 0 Å². The second-order valence-corrected chi connectivity index (χ2v) is 4.65. The molecule has 1 fully saturated rings. The molecule has 13 heavy (non-hydrogen) atoms. The molecule has 1 nitrogen and oxygen atoms in total. The van der Waals surface area contributed by atoms with Gasteiger partial charge in [-0.3, -0.25) is 0 Å². The first kappa shape index (κ1) is 8.95. The number of nitrogens with one attached hydrogen (secondary N) is 1. The predicted octanol–water partition coefficient (Wildman–Crippen LogP) is 3.37. The van der Waals surface area contributed by atoms with E-state index in [9.17, 15) is 0 Å². The fourth-order valence-electron chi connectivity index (χ4n) is 1.31. The van der Waals surface area contributed by atoms with Gasteiger partial charge in [-0.15, -0.1) is 11.8 Å². The lowest BCUT2D eigenvalue weighted by Crippen LogP contribution is -2.01. The van der Waals surface area contributed by atoms with Gasteiger partial charge in [-0.05, 0) is 30.7 Å². The van der Waals surface area contributed by atoms with Crippen LogP contribution in [-0.4, -0.2) is 11.8 Å². The molecule has 70 valence electrons. The fourth-order valence-corrected chi connectivity index (χ4v) is 2.08. The molecule has 2 rings (SSSR count). The molecule has 1 aromatic rings. The smallest absolute Gasteiger partial charge is 0.0480 e. The summed E-state index contributed by atoms with van der Waals surface area (Å²) in [6.07, 6.45) is 2.68. The third-order valence-corrected chi connectivity index (χ3v) is 3.08. The molecule has 0 aliphatic heterocycles. The van der Waals surface area contributed by atoms with Gasteiger partial charge in [-0.2, -0.15) is 0 Å². The maximum Gasteiger partial charge on any atom is 0.0480 e. The van der Waals surface area contributed by atoms with Gasteiger partial charge in [0.05, 0.1) is 0 Å². The zero-order chi connectivity index (χ0) is 9.10. The quantitative estimate of drug-likeness (QED) is 0.736. The van der Waals surface area contributed by atoms with Crippen molar-refractivity contribution in [1.82, 2.24) is 0 Å². The molecular weight excluding hydrogens is 178 g/mol. The molecule has 0 saturated heterocycles. The van der Waals surface area contributed by atoms with Crippen molar-refractivity contribution in [2.45, 2.75) is 30.7 Å². The van der Waals surface area contributed by atoms with Crippen LogP contribution in [0, 0.1) is 0 Å². The maximum absolute atomic E-state index is 3.55. The lowest BCUT2D eigenvalue weighted by Gasteiger charge is -2.09. The molecule has 1 aliphatic carbocycles. The highest BCUT2D eigenvalue weighted by Gasteiger charge is 2.21. The molecule has 0 heterocycles. The summed E-state index contributed by atoms with van der Waals surface area (Å²) in [6, 6.07) is 9.33. The SMILES string of the molecule is CCSc1ccccc1NC1CC1. The van der Waals surface area contributed by atoms with Crippen LogP contribution in [-0.2, 0) is 0 Å². The Balaban J connectivity index is 2.10. The number of anilines is 1. The van der Waals surface area contributed by atoms with Crippen LogP contribution in [0.15, 0.2) is 29.2 Å². The minimum atomic E-state index is 0.749. The number of hydrogen-bond acceptors (Lipinski definition) is 2. The summed E-state index contributed by atoms with van der Waals surface area (Å²) in [5.41, 5.74) is 1.32. The van der Waals surface area contributed by atoms with E-state index in [4.69, 9.17) is 0 Å². The van der Waals surface area contributed by atoms with E-state index in [0.29, 0.717) is 0 Å². The molecule has 1 saturated carbocycles. The van der Waals surface area contributed by atoms with Crippen molar-refractivity contribution in [2.75, 3.05) is 11.1 Å². The molecule has 0 spiro atoms. The van der Waals surface area contributed by atoms with Crippen molar-refractivity contribution in [3.63, 3.8) is 0 Å². The van der Waals surface area contributed by atoms with Crippen LogP contribution in [0.2, 0.25) is 0 Å². The second-order valence-electron chi connectivity index (χ2n) is 3.35. The van der Waals surface area contributed by atoms with Crippen molar-refractivity contribution < 1.29 is 0 Å². The minimum absolute atomic E-state index is 0.749. The van der Waals surface area contributed by atoms with E-state index in [1.165, 1.54) is 23.4 Å². The lowest BCUT2D eigenvalue weighted by atomic mass is 10.3. The van der Waals surface area contributed by atoms with Gasteiger partial charge in [-0.25, -0.2) is 0 Å². The van der Waals surface area contributed by atoms with E-state index in [-0.39, 0.29) is 0 Å². The maximum atomic E-state index is 3.55. The Kier molecular flexibility index (Phi) is 2.79. The van der Waals surface area contributed by atoms with E-state index in [1.807, 2.05) is 11.8 Å². The Morgan fingerprint density at radius 2 is 2.15 bits per heavy atom. The largest absolute Gasteiger partial charge is 0.381 e. The summed E-state index contributed by atoms with van der Waals surface area (Å²) >= 11 is 1.91. The molecule has 0 aromatic heterocycles. The molecule has 0 unspecified atom stereocenters. The molecule has 1 aliphatic rings. The van der Waals surface area contributed by atoms with Crippen molar-refractivity contribution in [3.05, 3.63) is 24.3 Å². The summed E-state index contributed by atoms with van der Waals surface area (Å²) < 4.78 is 0. The van der Waals surface area contributed by atoms with Crippen LogP contribution in [0.1, 0.15) is 19.8 Å². The van der Waals surface area contributed by atoms with Gasteiger partial charge < -0.3 is 5.32 Å². The zero-order valence-electron chi connectivity index (χ0n) is 7.92. The number of thioether (sulfide) groups is 1. The Labute approximate surface area is 83.9 Å². The van der Waals surface area contributed by atoms with Crippen LogP contribution in [0.4, 0.5) is 5.69 Å². The van der Waals surface area contributed by atoms with Gasteiger partial charge in [0.1, 0.15) is 0 Å². The average Bonchev–Trinajstić information content (AvgIpc) is 2.93.